The molecule has 1 heterocycles. The van der Waals surface area contributed by atoms with Crippen LogP contribution in [-0.4, -0.2) is 32.7 Å². The second-order valence-electron chi connectivity index (χ2n) is 6.84. The summed E-state index contributed by atoms with van der Waals surface area (Å²) < 4.78 is 1.56. The molecule has 0 atom stereocenters. The Hall–Kier alpha value is -3.02. The van der Waals surface area contributed by atoms with Gasteiger partial charge in [0.05, 0.1) is 5.69 Å². The van der Waals surface area contributed by atoms with Gasteiger partial charge in [-0.25, -0.2) is 4.68 Å². The molecule has 0 spiro atoms. The van der Waals surface area contributed by atoms with E-state index in [2.05, 4.69) is 45.1 Å². The van der Waals surface area contributed by atoms with E-state index in [4.69, 9.17) is 0 Å². The summed E-state index contributed by atoms with van der Waals surface area (Å²) in [5.41, 5.74) is 2.85. The number of amides is 1. The highest BCUT2D eigenvalue weighted by Crippen LogP contribution is 2.40. The Bertz CT molecular complexity index is 853. The fraction of sp³-hybridized carbons (Fsp3) is 0.300. The SMILES string of the molecule is O=C(NCC1(c2ccccc2)CCCC1)c1ccc(-n2cnnn2)cc1. The van der Waals surface area contributed by atoms with Crippen LogP contribution >= 0.6 is 0 Å². The van der Waals surface area contributed by atoms with E-state index in [-0.39, 0.29) is 11.3 Å². The van der Waals surface area contributed by atoms with Crippen LogP contribution < -0.4 is 5.32 Å². The Morgan fingerprint density at radius 2 is 1.77 bits per heavy atom. The molecule has 1 amide bonds. The molecule has 0 unspecified atom stereocenters. The third kappa shape index (κ3) is 3.22. The minimum Gasteiger partial charge on any atom is -0.351 e. The molecule has 0 aliphatic heterocycles. The lowest BCUT2D eigenvalue weighted by Crippen LogP contribution is -2.39. The zero-order valence-electron chi connectivity index (χ0n) is 14.5. The first-order chi connectivity index (χ1) is 12.8. The van der Waals surface area contributed by atoms with Crippen molar-refractivity contribution in [3.63, 3.8) is 0 Å². The zero-order chi connectivity index (χ0) is 17.8. The van der Waals surface area contributed by atoms with Crippen LogP contribution in [0, 0.1) is 0 Å². The summed E-state index contributed by atoms with van der Waals surface area (Å²) in [6.45, 7) is 0.671. The number of carbonyl (C=O) groups is 1. The maximum atomic E-state index is 12.6. The first kappa shape index (κ1) is 16.4. The Kier molecular flexibility index (Phi) is 4.48. The summed E-state index contributed by atoms with van der Waals surface area (Å²) in [4.78, 5) is 12.6. The topological polar surface area (TPSA) is 72.7 Å². The largest absolute Gasteiger partial charge is 0.351 e. The maximum Gasteiger partial charge on any atom is 0.251 e. The third-order valence-electron chi connectivity index (χ3n) is 5.28. The number of carbonyl (C=O) groups excluding carboxylic acids is 1. The van der Waals surface area contributed by atoms with E-state index in [0.29, 0.717) is 12.1 Å². The predicted molar refractivity (Wildman–Crippen MR) is 98.1 cm³/mol. The van der Waals surface area contributed by atoms with Gasteiger partial charge in [0, 0.05) is 17.5 Å². The van der Waals surface area contributed by atoms with Gasteiger partial charge < -0.3 is 5.32 Å². The molecule has 4 rings (SSSR count). The minimum absolute atomic E-state index is 0.0459. The van der Waals surface area contributed by atoms with Crippen LogP contribution in [0.25, 0.3) is 5.69 Å². The first-order valence-electron chi connectivity index (χ1n) is 8.94. The van der Waals surface area contributed by atoms with Crippen molar-refractivity contribution in [1.82, 2.24) is 25.5 Å². The Balaban J connectivity index is 1.46. The number of aromatic nitrogens is 4. The van der Waals surface area contributed by atoms with Crippen molar-refractivity contribution in [2.45, 2.75) is 31.1 Å². The van der Waals surface area contributed by atoms with Gasteiger partial charge in [-0.1, -0.05) is 43.2 Å². The summed E-state index contributed by atoms with van der Waals surface area (Å²) in [7, 11) is 0. The minimum atomic E-state index is -0.0459. The molecule has 132 valence electrons. The molecular formula is C20H21N5O. The standard InChI is InChI=1S/C20H21N5O/c26-19(16-8-10-18(11-9-16)25-15-22-23-24-25)21-14-20(12-4-5-13-20)17-6-2-1-3-7-17/h1-3,6-11,15H,4-5,12-14H2,(H,21,26). The fourth-order valence-electron chi connectivity index (χ4n) is 3.81. The van der Waals surface area contributed by atoms with Crippen molar-refractivity contribution in [3.05, 3.63) is 72.1 Å². The van der Waals surface area contributed by atoms with E-state index in [1.165, 1.54) is 24.7 Å². The van der Waals surface area contributed by atoms with E-state index >= 15 is 0 Å². The van der Waals surface area contributed by atoms with E-state index in [9.17, 15) is 4.79 Å². The first-order valence-corrected chi connectivity index (χ1v) is 8.94. The molecule has 26 heavy (non-hydrogen) atoms. The van der Waals surface area contributed by atoms with Crippen molar-refractivity contribution in [2.24, 2.45) is 0 Å². The summed E-state index contributed by atoms with van der Waals surface area (Å²) in [6.07, 6.45) is 6.20. The zero-order valence-corrected chi connectivity index (χ0v) is 14.5. The predicted octanol–water partition coefficient (Wildman–Crippen LogP) is 2.90. The van der Waals surface area contributed by atoms with Crippen LogP contribution in [0.4, 0.5) is 0 Å². The molecule has 1 aliphatic rings. The quantitative estimate of drug-likeness (QED) is 0.770. The fourth-order valence-corrected chi connectivity index (χ4v) is 3.81. The average Bonchev–Trinajstić information content (AvgIpc) is 3.40. The second kappa shape index (κ2) is 7.07. The molecule has 6 nitrogen and oxygen atoms in total. The van der Waals surface area contributed by atoms with Crippen molar-refractivity contribution < 1.29 is 4.79 Å². The van der Waals surface area contributed by atoms with Gasteiger partial charge in [0.25, 0.3) is 5.91 Å². The van der Waals surface area contributed by atoms with Crippen molar-refractivity contribution in [1.29, 1.82) is 0 Å². The van der Waals surface area contributed by atoms with E-state index in [1.807, 2.05) is 18.2 Å². The smallest absolute Gasteiger partial charge is 0.251 e. The summed E-state index contributed by atoms with van der Waals surface area (Å²) in [5, 5.41) is 14.2. The monoisotopic (exact) mass is 347 g/mol. The van der Waals surface area contributed by atoms with Gasteiger partial charge in [-0.2, -0.15) is 0 Å². The second-order valence-corrected chi connectivity index (χ2v) is 6.84. The molecular weight excluding hydrogens is 326 g/mol. The number of tetrazole rings is 1. The Morgan fingerprint density at radius 1 is 1.04 bits per heavy atom. The molecule has 1 saturated carbocycles. The highest BCUT2D eigenvalue weighted by molar-refractivity contribution is 5.94. The molecule has 1 aromatic heterocycles. The van der Waals surface area contributed by atoms with Gasteiger partial charge >= 0.3 is 0 Å². The number of nitrogens with zero attached hydrogens (tertiary/aromatic N) is 4. The molecule has 3 aromatic rings. The molecule has 0 saturated heterocycles. The molecule has 1 N–H and O–H groups in total. The number of benzene rings is 2. The van der Waals surface area contributed by atoms with Crippen LogP contribution in [0.3, 0.4) is 0 Å². The van der Waals surface area contributed by atoms with Gasteiger partial charge in [-0.15, -0.1) is 5.10 Å². The molecule has 0 radical (unpaired) electrons. The lowest BCUT2D eigenvalue weighted by molar-refractivity contribution is 0.0943. The van der Waals surface area contributed by atoms with Crippen LogP contribution in [0.1, 0.15) is 41.6 Å². The normalized spacial score (nSPS) is 15.7. The number of rotatable bonds is 5. The molecule has 2 aromatic carbocycles. The third-order valence-corrected chi connectivity index (χ3v) is 5.28. The number of hydrogen-bond donors (Lipinski definition) is 1. The van der Waals surface area contributed by atoms with Gasteiger partial charge in [-0.3, -0.25) is 4.79 Å². The number of nitrogens with one attached hydrogen (secondary N) is 1. The maximum absolute atomic E-state index is 12.6. The summed E-state index contributed by atoms with van der Waals surface area (Å²) in [5.74, 6) is -0.0459. The highest BCUT2D eigenvalue weighted by atomic mass is 16.1. The highest BCUT2D eigenvalue weighted by Gasteiger charge is 2.35. The Labute approximate surface area is 152 Å². The van der Waals surface area contributed by atoms with E-state index in [1.54, 1.807) is 16.8 Å². The van der Waals surface area contributed by atoms with Gasteiger partial charge in [0.15, 0.2) is 0 Å². The Morgan fingerprint density at radius 3 is 2.42 bits per heavy atom. The molecule has 1 aliphatic carbocycles. The van der Waals surface area contributed by atoms with E-state index < -0.39 is 0 Å². The van der Waals surface area contributed by atoms with Crippen molar-refractivity contribution >= 4 is 5.91 Å². The summed E-state index contributed by atoms with van der Waals surface area (Å²) in [6, 6.07) is 17.8. The van der Waals surface area contributed by atoms with Crippen LogP contribution in [-0.2, 0) is 5.41 Å². The van der Waals surface area contributed by atoms with Crippen molar-refractivity contribution in [2.75, 3.05) is 6.54 Å². The average molecular weight is 347 g/mol. The lowest BCUT2D eigenvalue weighted by Gasteiger charge is -2.30. The lowest BCUT2D eigenvalue weighted by atomic mass is 9.79. The molecule has 6 heteroatoms. The van der Waals surface area contributed by atoms with Gasteiger partial charge in [0.2, 0.25) is 0 Å². The van der Waals surface area contributed by atoms with Crippen molar-refractivity contribution in [3.8, 4) is 5.69 Å². The molecule has 1 fully saturated rings. The van der Waals surface area contributed by atoms with Crippen LogP contribution in [0.15, 0.2) is 60.9 Å². The molecule has 0 bridgehead atoms. The van der Waals surface area contributed by atoms with E-state index in [0.717, 1.165) is 18.5 Å². The van der Waals surface area contributed by atoms with Gasteiger partial charge in [0.1, 0.15) is 6.33 Å². The number of hydrogen-bond acceptors (Lipinski definition) is 4. The van der Waals surface area contributed by atoms with Gasteiger partial charge in [-0.05, 0) is 53.1 Å². The van der Waals surface area contributed by atoms with Crippen LogP contribution in [0.2, 0.25) is 0 Å². The van der Waals surface area contributed by atoms with Crippen LogP contribution in [0.5, 0.6) is 0 Å². The summed E-state index contributed by atoms with van der Waals surface area (Å²) >= 11 is 0.